The number of hydrogen-bond donors (Lipinski definition) is 3. The van der Waals surface area contributed by atoms with Crippen molar-refractivity contribution >= 4 is 29.1 Å². The Hall–Kier alpha value is -4.07. The quantitative estimate of drug-likeness (QED) is 0.600. The highest BCUT2D eigenvalue weighted by Gasteiger charge is 2.12. The maximum Gasteiger partial charge on any atom is 0.274 e. The Balaban J connectivity index is 1.66. The van der Waals surface area contributed by atoms with Crippen molar-refractivity contribution in [2.45, 2.75) is 13.5 Å². The van der Waals surface area contributed by atoms with Crippen LogP contribution in [-0.4, -0.2) is 27.7 Å². The number of carbonyl (C=O) groups excluding carboxylic acids is 3. The van der Waals surface area contributed by atoms with Crippen LogP contribution in [0.1, 0.15) is 33.5 Å². The molecule has 0 saturated carbocycles. The van der Waals surface area contributed by atoms with Crippen LogP contribution in [0, 0.1) is 0 Å². The second kappa shape index (κ2) is 9.23. The van der Waals surface area contributed by atoms with Gasteiger partial charge in [0.15, 0.2) is 0 Å². The number of hydrogen-bond acceptors (Lipinski definition) is 5. The van der Waals surface area contributed by atoms with Crippen LogP contribution in [0.25, 0.3) is 0 Å². The summed E-state index contributed by atoms with van der Waals surface area (Å²) in [6.45, 7) is 1.68. The van der Waals surface area contributed by atoms with E-state index in [-0.39, 0.29) is 24.1 Å². The van der Waals surface area contributed by atoms with Crippen molar-refractivity contribution in [1.82, 2.24) is 15.3 Å². The molecule has 0 aliphatic carbocycles. The van der Waals surface area contributed by atoms with Crippen molar-refractivity contribution in [2.75, 3.05) is 10.6 Å². The van der Waals surface area contributed by atoms with E-state index in [0.717, 1.165) is 5.69 Å². The van der Waals surface area contributed by atoms with Gasteiger partial charge in [0.25, 0.3) is 11.8 Å². The van der Waals surface area contributed by atoms with E-state index in [1.165, 1.54) is 25.3 Å². The van der Waals surface area contributed by atoms with Gasteiger partial charge >= 0.3 is 0 Å². The highest BCUT2D eigenvalue weighted by molar-refractivity contribution is 6.05. The summed E-state index contributed by atoms with van der Waals surface area (Å²) < 4.78 is 0. The lowest BCUT2D eigenvalue weighted by Crippen LogP contribution is -2.24. The summed E-state index contributed by atoms with van der Waals surface area (Å²) >= 11 is 0. The zero-order valence-electron chi connectivity index (χ0n) is 15.7. The molecular formula is C21H19N5O3. The van der Waals surface area contributed by atoms with Crippen LogP contribution < -0.4 is 16.0 Å². The van der Waals surface area contributed by atoms with Crippen molar-refractivity contribution in [1.29, 1.82) is 0 Å². The van der Waals surface area contributed by atoms with Crippen molar-refractivity contribution in [2.24, 2.45) is 0 Å². The second-order valence-corrected chi connectivity index (χ2v) is 6.15. The summed E-state index contributed by atoms with van der Waals surface area (Å²) in [5.41, 5.74) is 2.19. The molecule has 0 bridgehead atoms. The molecule has 3 N–H and O–H groups in total. The molecule has 0 radical (unpaired) electrons. The number of amides is 3. The van der Waals surface area contributed by atoms with Crippen LogP contribution in [0.5, 0.6) is 0 Å². The SMILES string of the molecule is CC(=O)Nc1cccc(NC(=O)c2cc(C(=O)NCc3ccccn3)ccn2)c1. The van der Waals surface area contributed by atoms with Gasteiger partial charge in [-0.05, 0) is 42.5 Å². The summed E-state index contributed by atoms with van der Waals surface area (Å²) in [5, 5.41) is 8.10. The molecule has 0 fully saturated rings. The van der Waals surface area contributed by atoms with E-state index in [4.69, 9.17) is 0 Å². The standard InChI is InChI=1S/C21H19N5O3/c1-14(27)25-16-6-4-7-17(12-16)26-21(29)19-11-15(8-10-23-19)20(28)24-13-18-5-2-3-9-22-18/h2-12H,13H2,1H3,(H,24,28)(H,25,27)(H,26,29). The van der Waals surface area contributed by atoms with Crippen LogP contribution in [-0.2, 0) is 11.3 Å². The molecule has 29 heavy (non-hydrogen) atoms. The largest absolute Gasteiger partial charge is 0.346 e. The van der Waals surface area contributed by atoms with Crippen LogP contribution in [0.2, 0.25) is 0 Å². The molecule has 3 aromatic rings. The van der Waals surface area contributed by atoms with E-state index < -0.39 is 5.91 Å². The van der Waals surface area contributed by atoms with Crippen LogP contribution in [0.3, 0.4) is 0 Å². The Kier molecular flexibility index (Phi) is 6.26. The van der Waals surface area contributed by atoms with E-state index in [9.17, 15) is 14.4 Å². The first kappa shape index (κ1) is 19.7. The molecule has 8 nitrogen and oxygen atoms in total. The fourth-order valence-corrected chi connectivity index (χ4v) is 2.54. The zero-order chi connectivity index (χ0) is 20.6. The van der Waals surface area contributed by atoms with Crippen molar-refractivity contribution in [3.05, 3.63) is 83.9 Å². The summed E-state index contributed by atoms with van der Waals surface area (Å²) in [5.74, 6) is -1.01. The van der Waals surface area contributed by atoms with Gasteiger partial charge in [0.1, 0.15) is 5.69 Å². The third kappa shape index (κ3) is 5.70. The van der Waals surface area contributed by atoms with E-state index in [1.807, 2.05) is 6.07 Å². The smallest absolute Gasteiger partial charge is 0.274 e. The number of nitrogens with zero attached hydrogens (tertiary/aromatic N) is 2. The molecular weight excluding hydrogens is 370 g/mol. The minimum atomic E-state index is -0.468. The molecule has 146 valence electrons. The lowest BCUT2D eigenvalue weighted by atomic mass is 10.2. The molecule has 2 heterocycles. The van der Waals surface area contributed by atoms with Gasteiger partial charge in [-0.1, -0.05) is 12.1 Å². The summed E-state index contributed by atoms with van der Waals surface area (Å²) in [6, 6.07) is 15.1. The van der Waals surface area contributed by atoms with E-state index in [0.29, 0.717) is 16.9 Å². The van der Waals surface area contributed by atoms with Gasteiger partial charge < -0.3 is 16.0 Å². The van der Waals surface area contributed by atoms with Gasteiger partial charge in [-0.15, -0.1) is 0 Å². The van der Waals surface area contributed by atoms with E-state index in [1.54, 1.807) is 42.6 Å². The number of carbonyl (C=O) groups is 3. The molecule has 0 spiro atoms. The van der Waals surface area contributed by atoms with Crippen LogP contribution >= 0.6 is 0 Å². The highest BCUT2D eigenvalue weighted by atomic mass is 16.2. The first-order chi connectivity index (χ1) is 14.0. The van der Waals surface area contributed by atoms with Gasteiger partial charge in [0.05, 0.1) is 12.2 Å². The highest BCUT2D eigenvalue weighted by Crippen LogP contribution is 2.16. The molecule has 0 aliphatic heterocycles. The Labute approximate surface area is 167 Å². The number of anilines is 2. The normalized spacial score (nSPS) is 10.1. The fraction of sp³-hybridized carbons (Fsp3) is 0.0952. The van der Waals surface area contributed by atoms with Gasteiger partial charge in [-0.2, -0.15) is 0 Å². The topological polar surface area (TPSA) is 113 Å². The fourth-order valence-electron chi connectivity index (χ4n) is 2.54. The number of rotatable bonds is 6. The van der Waals surface area contributed by atoms with Crippen LogP contribution in [0.15, 0.2) is 67.0 Å². The monoisotopic (exact) mass is 389 g/mol. The molecule has 2 aromatic heterocycles. The lowest BCUT2D eigenvalue weighted by Gasteiger charge is -2.09. The molecule has 8 heteroatoms. The zero-order valence-corrected chi connectivity index (χ0v) is 15.7. The van der Waals surface area contributed by atoms with E-state index >= 15 is 0 Å². The van der Waals surface area contributed by atoms with Gasteiger partial charge in [-0.25, -0.2) is 0 Å². The Morgan fingerprint density at radius 2 is 1.62 bits per heavy atom. The molecule has 3 amide bonds. The lowest BCUT2D eigenvalue weighted by molar-refractivity contribution is -0.114. The summed E-state index contributed by atoms with van der Waals surface area (Å²) in [4.78, 5) is 44.2. The number of aromatic nitrogens is 2. The van der Waals surface area contributed by atoms with Gasteiger partial charge in [-0.3, -0.25) is 24.4 Å². The van der Waals surface area contributed by atoms with Crippen molar-refractivity contribution < 1.29 is 14.4 Å². The number of pyridine rings is 2. The molecule has 3 rings (SSSR count). The number of benzene rings is 1. The van der Waals surface area contributed by atoms with Crippen molar-refractivity contribution in [3.8, 4) is 0 Å². The Bertz CT molecular complexity index is 1040. The number of nitrogens with one attached hydrogen (secondary N) is 3. The third-order valence-corrected chi connectivity index (χ3v) is 3.85. The Morgan fingerprint density at radius 3 is 2.34 bits per heavy atom. The predicted octanol–water partition coefficient (Wildman–Crippen LogP) is 2.62. The predicted molar refractivity (Wildman–Crippen MR) is 108 cm³/mol. The molecule has 0 atom stereocenters. The minimum Gasteiger partial charge on any atom is -0.346 e. The minimum absolute atomic E-state index is 0.0976. The Morgan fingerprint density at radius 1 is 0.828 bits per heavy atom. The average molecular weight is 389 g/mol. The average Bonchev–Trinajstić information content (AvgIpc) is 2.72. The third-order valence-electron chi connectivity index (χ3n) is 3.85. The maximum absolute atomic E-state index is 12.5. The maximum atomic E-state index is 12.5. The van der Waals surface area contributed by atoms with E-state index in [2.05, 4.69) is 25.9 Å². The summed E-state index contributed by atoms with van der Waals surface area (Å²) in [6.07, 6.45) is 3.05. The van der Waals surface area contributed by atoms with Crippen molar-refractivity contribution in [3.63, 3.8) is 0 Å². The van der Waals surface area contributed by atoms with Gasteiger partial charge in [0.2, 0.25) is 5.91 Å². The first-order valence-corrected chi connectivity index (χ1v) is 8.84. The summed E-state index contributed by atoms with van der Waals surface area (Å²) in [7, 11) is 0. The second-order valence-electron chi connectivity index (χ2n) is 6.15. The van der Waals surface area contributed by atoms with Crippen LogP contribution in [0.4, 0.5) is 11.4 Å². The first-order valence-electron chi connectivity index (χ1n) is 8.84. The molecule has 0 saturated heterocycles. The molecule has 1 aromatic carbocycles. The van der Waals surface area contributed by atoms with Gasteiger partial charge in [0, 0.05) is 36.3 Å². The molecule has 0 aliphatic rings. The molecule has 0 unspecified atom stereocenters.